The summed E-state index contributed by atoms with van der Waals surface area (Å²) in [6.45, 7) is 1.39. The molecular formula is C20H17Cl2N3O5S. The molecule has 0 aliphatic heterocycles. The van der Waals surface area contributed by atoms with Crippen LogP contribution in [0.5, 0.6) is 0 Å². The van der Waals surface area contributed by atoms with Gasteiger partial charge in [-0.05, 0) is 61.5 Å². The van der Waals surface area contributed by atoms with Gasteiger partial charge in [0.05, 0.1) is 28.6 Å². The molecule has 162 valence electrons. The second-order valence-electron chi connectivity index (χ2n) is 6.41. The number of hydrogen-bond acceptors (Lipinski definition) is 5. The van der Waals surface area contributed by atoms with E-state index in [4.69, 9.17) is 27.6 Å². The second-order valence-corrected chi connectivity index (χ2v) is 8.99. The van der Waals surface area contributed by atoms with Crippen LogP contribution in [0.2, 0.25) is 10.0 Å². The van der Waals surface area contributed by atoms with Crippen molar-refractivity contribution >= 4 is 56.4 Å². The Labute approximate surface area is 188 Å². The summed E-state index contributed by atoms with van der Waals surface area (Å²) in [5.41, 5.74) is 0.446. The Bertz CT molecular complexity index is 1200. The molecule has 0 fully saturated rings. The van der Waals surface area contributed by atoms with Gasteiger partial charge in [0.1, 0.15) is 0 Å². The summed E-state index contributed by atoms with van der Waals surface area (Å²) in [4.78, 5) is 24.8. The molecule has 1 atom stereocenters. The number of nitrogens with one attached hydrogen (secondary N) is 3. The largest absolute Gasteiger partial charge is 0.459 e. The Morgan fingerprint density at radius 3 is 2.26 bits per heavy atom. The fourth-order valence-electron chi connectivity index (χ4n) is 2.53. The Hall–Kier alpha value is -2.85. The van der Waals surface area contributed by atoms with Crippen molar-refractivity contribution in [3.63, 3.8) is 0 Å². The van der Waals surface area contributed by atoms with Crippen LogP contribution >= 0.6 is 23.2 Å². The minimum atomic E-state index is -3.95. The monoisotopic (exact) mass is 481 g/mol. The number of benzene rings is 2. The van der Waals surface area contributed by atoms with Crippen molar-refractivity contribution in [2.75, 3.05) is 10.6 Å². The number of amides is 2. The van der Waals surface area contributed by atoms with Gasteiger partial charge >= 0.3 is 0 Å². The number of rotatable bonds is 7. The quantitative estimate of drug-likeness (QED) is 0.468. The first kappa shape index (κ1) is 22.8. The average Bonchev–Trinajstić information content (AvgIpc) is 3.25. The van der Waals surface area contributed by atoms with E-state index in [9.17, 15) is 18.0 Å². The van der Waals surface area contributed by atoms with Gasteiger partial charge in [-0.3, -0.25) is 9.59 Å². The lowest BCUT2D eigenvalue weighted by Crippen LogP contribution is -2.41. The molecule has 0 unspecified atom stereocenters. The van der Waals surface area contributed by atoms with Crippen molar-refractivity contribution in [3.05, 3.63) is 76.7 Å². The Kier molecular flexibility index (Phi) is 7.01. The van der Waals surface area contributed by atoms with Gasteiger partial charge in [0.2, 0.25) is 15.9 Å². The summed E-state index contributed by atoms with van der Waals surface area (Å²) < 4.78 is 32.3. The summed E-state index contributed by atoms with van der Waals surface area (Å²) >= 11 is 11.8. The zero-order valence-electron chi connectivity index (χ0n) is 16.1. The van der Waals surface area contributed by atoms with E-state index in [-0.39, 0.29) is 22.0 Å². The molecule has 1 aromatic heterocycles. The number of carbonyl (C=O) groups excluding carboxylic acids is 2. The van der Waals surface area contributed by atoms with Gasteiger partial charge in [0, 0.05) is 10.0 Å². The van der Waals surface area contributed by atoms with Gasteiger partial charge < -0.3 is 15.1 Å². The summed E-state index contributed by atoms with van der Waals surface area (Å²) in [5, 5.41) is 5.88. The molecule has 0 saturated carbocycles. The van der Waals surface area contributed by atoms with E-state index < -0.39 is 27.9 Å². The van der Waals surface area contributed by atoms with Crippen molar-refractivity contribution in [1.82, 2.24) is 4.72 Å². The lowest BCUT2D eigenvalue weighted by Gasteiger charge is -2.17. The highest BCUT2D eigenvalue weighted by molar-refractivity contribution is 7.89. The van der Waals surface area contributed by atoms with Crippen LogP contribution in [0.1, 0.15) is 17.5 Å². The van der Waals surface area contributed by atoms with Crippen molar-refractivity contribution in [1.29, 1.82) is 0 Å². The van der Waals surface area contributed by atoms with Crippen molar-refractivity contribution in [3.8, 4) is 0 Å². The fraction of sp³-hybridized carbons (Fsp3) is 0.100. The highest BCUT2D eigenvalue weighted by Gasteiger charge is 2.23. The van der Waals surface area contributed by atoms with Crippen LogP contribution < -0.4 is 15.4 Å². The molecule has 2 aromatic carbocycles. The molecule has 0 aliphatic rings. The third kappa shape index (κ3) is 5.86. The minimum absolute atomic E-state index is 0.0329. The molecule has 3 aromatic rings. The van der Waals surface area contributed by atoms with Crippen LogP contribution in [0, 0.1) is 0 Å². The maximum atomic E-state index is 12.6. The van der Waals surface area contributed by atoms with E-state index in [1.165, 1.54) is 61.7 Å². The van der Waals surface area contributed by atoms with Gasteiger partial charge in [-0.25, -0.2) is 8.42 Å². The smallest absolute Gasteiger partial charge is 0.291 e. The molecular weight excluding hydrogens is 465 g/mol. The minimum Gasteiger partial charge on any atom is -0.459 e. The standard InChI is InChI=1S/C20H17Cl2N3O5S/c1-12(25-31(28,29)15-7-4-13(21)5-8-15)19(26)23-16-9-6-14(22)11-17(16)24-20(27)18-3-2-10-30-18/h2-12,25H,1H3,(H,23,26)(H,24,27)/t12-/m0/s1. The molecule has 11 heteroatoms. The van der Waals surface area contributed by atoms with E-state index in [1.54, 1.807) is 6.07 Å². The molecule has 0 spiro atoms. The molecule has 0 saturated heterocycles. The lowest BCUT2D eigenvalue weighted by molar-refractivity contribution is -0.117. The maximum absolute atomic E-state index is 12.6. The van der Waals surface area contributed by atoms with E-state index in [0.717, 1.165) is 0 Å². The molecule has 0 bridgehead atoms. The SMILES string of the molecule is C[C@H](NS(=O)(=O)c1ccc(Cl)cc1)C(=O)Nc1ccc(Cl)cc1NC(=O)c1ccco1. The number of anilines is 2. The number of halogens is 2. The van der Waals surface area contributed by atoms with Crippen LogP contribution in [-0.2, 0) is 14.8 Å². The van der Waals surface area contributed by atoms with Crippen LogP contribution in [0.15, 0.2) is 70.2 Å². The highest BCUT2D eigenvalue weighted by atomic mass is 35.5. The normalized spacial score (nSPS) is 12.2. The van der Waals surface area contributed by atoms with E-state index in [1.807, 2.05) is 0 Å². The van der Waals surface area contributed by atoms with Gasteiger partial charge in [0.15, 0.2) is 5.76 Å². The van der Waals surface area contributed by atoms with Crippen molar-refractivity contribution < 1.29 is 22.4 Å². The Morgan fingerprint density at radius 1 is 0.935 bits per heavy atom. The fourth-order valence-corrected chi connectivity index (χ4v) is 4.03. The number of hydrogen-bond donors (Lipinski definition) is 3. The third-order valence-corrected chi connectivity index (χ3v) is 6.13. The van der Waals surface area contributed by atoms with E-state index in [0.29, 0.717) is 10.0 Å². The van der Waals surface area contributed by atoms with Gasteiger partial charge in [-0.2, -0.15) is 4.72 Å². The molecule has 1 heterocycles. The van der Waals surface area contributed by atoms with Gasteiger partial charge in [-0.1, -0.05) is 23.2 Å². The summed E-state index contributed by atoms with van der Waals surface area (Å²) in [5.74, 6) is -1.12. The van der Waals surface area contributed by atoms with Crippen molar-refractivity contribution in [2.45, 2.75) is 17.9 Å². The predicted octanol–water partition coefficient (Wildman–Crippen LogP) is 4.14. The first-order valence-corrected chi connectivity index (χ1v) is 11.1. The molecule has 0 aliphatic carbocycles. The average molecular weight is 482 g/mol. The van der Waals surface area contributed by atoms with Crippen LogP contribution in [0.25, 0.3) is 0 Å². The van der Waals surface area contributed by atoms with Crippen molar-refractivity contribution in [2.24, 2.45) is 0 Å². The third-order valence-electron chi connectivity index (χ3n) is 4.08. The van der Waals surface area contributed by atoms with Crippen LogP contribution in [0.4, 0.5) is 11.4 Å². The molecule has 8 nitrogen and oxygen atoms in total. The number of carbonyl (C=O) groups is 2. The molecule has 2 amide bonds. The van der Waals surface area contributed by atoms with E-state index in [2.05, 4.69) is 15.4 Å². The topological polar surface area (TPSA) is 118 Å². The predicted molar refractivity (Wildman–Crippen MR) is 118 cm³/mol. The maximum Gasteiger partial charge on any atom is 0.291 e. The summed E-state index contributed by atoms with van der Waals surface area (Å²) in [6.07, 6.45) is 1.35. The zero-order valence-corrected chi connectivity index (χ0v) is 18.4. The van der Waals surface area contributed by atoms with Gasteiger partial charge in [-0.15, -0.1) is 0 Å². The Morgan fingerprint density at radius 2 is 1.61 bits per heavy atom. The number of furan rings is 1. The first-order chi connectivity index (χ1) is 14.7. The van der Waals surface area contributed by atoms with Crippen LogP contribution in [-0.4, -0.2) is 26.3 Å². The Balaban J connectivity index is 1.73. The number of sulfonamides is 1. The molecule has 0 radical (unpaired) electrons. The zero-order chi connectivity index (χ0) is 22.6. The highest BCUT2D eigenvalue weighted by Crippen LogP contribution is 2.27. The molecule has 3 N–H and O–H groups in total. The molecule has 31 heavy (non-hydrogen) atoms. The first-order valence-electron chi connectivity index (χ1n) is 8.89. The molecule has 3 rings (SSSR count). The summed E-state index contributed by atoms with van der Waals surface area (Å²) in [6, 6.07) is 11.9. The van der Waals surface area contributed by atoms with Crippen LogP contribution in [0.3, 0.4) is 0 Å². The second kappa shape index (κ2) is 9.52. The van der Waals surface area contributed by atoms with E-state index >= 15 is 0 Å². The lowest BCUT2D eigenvalue weighted by atomic mass is 10.2. The summed E-state index contributed by atoms with van der Waals surface area (Å²) in [7, 11) is -3.95. The van der Waals surface area contributed by atoms with Gasteiger partial charge in [0.25, 0.3) is 5.91 Å².